The molecular formula is C16H24N2O3. The van der Waals surface area contributed by atoms with Crippen molar-refractivity contribution in [3.63, 3.8) is 0 Å². The maximum absolute atomic E-state index is 11.9. The van der Waals surface area contributed by atoms with Gasteiger partial charge in [-0.25, -0.2) is 0 Å². The number of carbonyl (C=O) groups is 1. The van der Waals surface area contributed by atoms with Crippen molar-refractivity contribution in [2.45, 2.75) is 32.2 Å². The number of carbonyl (C=O) groups excluding carboxylic acids is 1. The smallest absolute Gasteiger partial charge is 0.241 e. The number of rotatable bonds is 9. The Bertz CT molecular complexity index is 488. The van der Waals surface area contributed by atoms with E-state index in [-0.39, 0.29) is 18.4 Å². The van der Waals surface area contributed by atoms with Gasteiger partial charge in [-0.05, 0) is 44.4 Å². The van der Waals surface area contributed by atoms with E-state index < -0.39 is 5.54 Å². The molecule has 1 saturated carbocycles. The number of nitrogens with one attached hydrogen (secondary N) is 1. The molecule has 0 heterocycles. The Morgan fingerprint density at radius 2 is 2.00 bits per heavy atom. The number of ether oxygens (including phenoxy) is 2. The summed E-state index contributed by atoms with van der Waals surface area (Å²) < 4.78 is 11.3. The number of amides is 1. The van der Waals surface area contributed by atoms with Crippen molar-refractivity contribution in [1.82, 2.24) is 5.32 Å². The highest BCUT2D eigenvalue weighted by Gasteiger charge is 2.50. The van der Waals surface area contributed by atoms with Crippen molar-refractivity contribution < 1.29 is 14.3 Å². The van der Waals surface area contributed by atoms with Crippen LogP contribution in [0.2, 0.25) is 0 Å². The standard InChI is InChI=1S/C16H24N2O3/c1-3-18-16(15(17)19,12-8-9-12)11-21-14-7-5-6-13(10-14)20-4-2/h5-7,10,12,18H,3-4,8-9,11H2,1-2H3,(H2,17,19). The van der Waals surface area contributed by atoms with Crippen molar-refractivity contribution in [3.05, 3.63) is 24.3 Å². The van der Waals surface area contributed by atoms with E-state index in [0.29, 0.717) is 18.9 Å². The van der Waals surface area contributed by atoms with Gasteiger partial charge in [0.05, 0.1) is 6.61 Å². The summed E-state index contributed by atoms with van der Waals surface area (Å²) >= 11 is 0. The van der Waals surface area contributed by atoms with Crippen molar-refractivity contribution in [2.24, 2.45) is 11.7 Å². The summed E-state index contributed by atoms with van der Waals surface area (Å²) in [5.74, 6) is 1.37. The van der Waals surface area contributed by atoms with E-state index in [1.54, 1.807) is 0 Å². The van der Waals surface area contributed by atoms with Crippen LogP contribution in [0.5, 0.6) is 11.5 Å². The minimum Gasteiger partial charge on any atom is -0.494 e. The molecule has 1 aliphatic rings. The summed E-state index contributed by atoms with van der Waals surface area (Å²) in [7, 11) is 0. The normalized spacial score (nSPS) is 17.0. The average molecular weight is 292 g/mol. The third kappa shape index (κ3) is 3.67. The Kier molecular flexibility index (Phi) is 5.07. The lowest BCUT2D eigenvalue weighted by molar-refractivity contribution is -0.126. The first-order valence-corrected chi connectivity index (χ1v) is 7.53. The lowest BCUT2D eigenvalue weighted by atomic mass is 9.93. The fourth-order valence-electron chi connectivity index (χ4n) is 2.58. The molecule has 0 aliphatic heterocycles. The van der Waals surface area contributed by atoms with Crippen molar-refractivity contribution in [1.29, 1.82) is 0 Å². The van der Waals surface area contributed by atoms with Gasteiger partial charge in [-0.1, -0.05) is 13.0 Å². The molecular weight excluding hydrogens is 268 g/mol. The van der Waals surface area contributed by atoms with Gasteiger partial charge in [-0.3, -0.25) is 4.79 Å². The third-order valence-corrected chi connectivity index (χ3v) is 3.79. The molecule has 1 unspecified atom stereocenters. The van der Waals surface area contributed by atoms with Gasteiger partial charge in [0.2, 0.25) is 5.91 Å². The van der Waals surface area contributed by atoms with Crippen LogP contribution < -0.4 is 20.5 Å². The lowest BCUT2D eigenvalue weighted by Gasteiger charge is -2.31. The minimum absolute atomic E-state index is 0.246. The average Bonchev–Trinajstić information content (AvgIpc) is 3.29. The largest absolute Gasteiger partial charge is 0.494 e. The summed E-state index contributed by atoms with van der Waals surface area (Å²) in [6.07, 6.45) is 2.02. The molecule has 0 radical (unpaired) electrons. The quantitative estimate of drug-likeness (QED) is 0.726. The minimum atomic E-state index is -0.767. The van der Waals surface area contributed by atoms with Crippen LogP contribution in [0.25, 0.3) is 0 Å². The molecule has 1 atom stereocenters. The molecule has 5 heteroatoms. The summed E-state index contributed by atoms with van der Waals surface area (Å²) in [5.41, 5.74) is 4.87. The van der Waals surface area contributed by atoms with Crippen LogP contribution in [0.1, 0.15) is 26.7 Å². The molecule has 0 bridgehead atoms. The van der Waals surface area contributed by atoms with Gasteiger partial charge in [0, 0.05) is 6.07 Å². The highest BCUT2D eigenvalue weighted by molar-refractivity contribution is 5.85. The maximum Gasteiger partial charge on any atom is 0.241 e. The zero-order valence-electron chi connectivity index (χ0n) is 12.7. The second kappa shape index (κ2) is 6.80. The van der Waals surface area contributed by atoms with Crippen LogP contribution in [-0.4, -0.2) is 31.2 Å². The van der Waals surface area contributed by atoms with Crippen LogP contribution in [0.3, 0.4) is 0 Å². The Morgan fingerprint density at radius 1 is 1.33 bits per heavy atom. The molecule has 116 valence electrons. The zero-order chi connectivity index (χ0) is 15.3. The Hall–Kier alpha value is -1.75. The van der Waals surface area contributed by atoms with Gasteiger partial charge in [0.15, 0.2) is 0 Å². The number of benzene rings is 1. The molecule has 2 rings (SSSR count). The zero-order valence-corrected chi connectivity index (χ0v) is 12.7. The second-order valence-corrected chi connectivity index (χ2v) is 5.34. The highest BCUT2D eigenvalue weighted by atomic mass is 16.5. The summed E-state index contributed by atoms with van der Waals surface area (Å²) in [4.78, 5) is 11.9. The van der Waals surface area contributed by atoms with Crippen LogP contribution in [0.4, 0.5) is 0 Å². The van der Waals surface area contributed by atoms with Crippen LogP contribution in [-0.2, 0) is 4.79 Å². The number of likely N-dealkylation sites (N-methyl/N-ethyl adjacent to an activating group) is 1. The topological polar surface area (TPSA) is 73.6 Å². The molecule has 1 fully saturated rings. The Labute approximate surface area is 125 Å². The predicted octanol–water partition coefficient (Wildman–Crippen LogP) is 1.71. The maximum atomic E-state index is 11.9. The van der Waals surface area contributed by atoms with Crippen LogP contribution in [0.15, 0.2) is 24.3 Å². The highest BCUT2D eigenvalue weighted by Crippen LogP contribution is 2.40. The van der Waals surface area contributed by atoms with Gasteiger partial charge in [-0.2, -0.15) is 0 Å². The molecule has 0 aromatic heterocycles. The van der Waals surface area contributed by atoms with Crippen LogP contribution in [0, 0.1) is 5.92 Å². The summed E-state index contributed by atoms with van der Waals surface area (Å²) in [5, 5.41) is 3.24. The summed E-state index contributed by atoms with van der Waals surface area (Å²) in [6, 6.07) is 7.43. The molecule has 0 spiro atoms. The molecule has 1 aliphatic carbocycles. The summed E-state index contributed by atoms with van der Waals surface area (Å²) in [6.45, 7) is 5.44. The molecule has 3 N–H and O–H groups in total. The van der Waals surface area contributed by atoms with Crippen molar-refractivity contribution in [2.75, 3.05) is 19.8 Å². The Morgan fingerprint density at radius 3 is 2.52 bits per heavy atom. The van der Waals surface area contributed by atoms with Gasteiger partial charge < -0.3 is 20.5 Å². The number of primary amides is 1. The van der Waals surface area contributed by atoms with Gasteiger partial charge in [-0.15, -0.1) is 0 Å². The van der Waals surface area contributed by atoms with E-state index in [4.69, 9.17) is 15.2 Å². The monoisotopic (exact) mass is 292 g/mol. The fraction of sp³-hybridized carbons (Fsp3) is 0.562. The number of nitrogens with two attached hydrogens (primary N) is 1. The third-order valence-electron chi connectivity index (χ3n) is 3.79. The van der Waals surface area contributed by atoms with E-state index >= 15 is 0 Å². The molecule has 1 aromatic carbocycles. The van der Waals surface area contributed by atoms with Gasteiger partial charge >= 0.3 is 0 Å². The van der Waals surface area contributed by atoms with E-state index in [1.807, 2.05) is 38.1 Å². The lowest BCUT2D eigenvalue weighted by Crippen LogP contribution is -2.61. The molecule has 1 aromatic rings. The van der Waals surface area contributed by atoms with Crippen LogP contribution >= 0.6 is 0 Å². The van der Waals surface area contributed by atoms with E-state index in [9.17, 15) is 4.79 Å². The SMILES string of the molecule is CCNC(COc1cccc(OCC)c1)(C(N)=O)C1CC1. The van der Waals surface area contributed by atoms with Gasteiger partial charge in [0.25, 0.3) is 0 Å². The first-order valence-electron chi connectivity index (χ1n) is 7.53. The first-order chi connectivity index (χ1) is 10.1. The fourth-order valence-corrected chi connectivity index (χ4v) is 2.58. The first kappa shape index (κ1) is 15.6. The second-order valence-electron chi connectivity index (χ2n) is 5.34. The molecule has 21 heavy (non-hydrogen) atoms. The van der Waals surface area contributed by atoms with Gasteiger partial charge in [0.1, 0.15) is 23.6 Å². The van der Waals surface area contributed by atoms with E-state index in [1.165, 1.54) is 0 Å². The molecule has 1 amide bonds. The van der Waals surface area contributed by atoms with Crippen molar-refractivity contribution >= 4 is 5.91 Å². The van der Waals surface area contributed by atoms with E-state index in [2.05, 4.69) is 5.32 Å². The Balaban J connectivity index is 2.07. The number of hydrogen-bond acceptors (Lipinski definition) is 4. The number of hydrogen-bond donors (Lipinski definition) is 2. The molecule has 0 saturated heterocycles. The molecule has 5 nitrogen and oxygen atoms in total. The predicted molar refractivity (Wildman–Crippen MR) is 81.4 cm³/mol. The van der Waals surface area contributed by atoms with Crippen molar-refractivity contribution in [3.8, 4) is 11.5 Å². The van der Waals surface area contributed by atoms with E-state index in [0.717, 1.165) is 18.6 Å².